The molecular weight excluding hydrogens is 546 g/mol. The number of nitrogens with zero attached hydrogens (tertiary/aromatic N) is 2. The summed E-state index contributed by atoms with van der Waals surface area (Å²) >= 11 is 0. The van der Waals surface area contributed by atoms with Gasteiger partial charge in [-0.3, -0.25) is 10.1 Å². The second-order valence-electron chi connectivity index (χ2n) is 13.1. The number of hydrogen-bond donors (Lipinski definition) is 3. The van der Waals surface area contributed by atoms with Crippen LogP contribution < -0.4 is 16.0 Å². The molecule has 3 aromatic carbocycles. The van der Waals surface area contributed by atoms with Crippen molar-refractivity contribution in [2.24, 2.45) is 5.92 Å². The van der Waals surface area contributed by atoms with E-state index in [1.165, 1.54) is 11.1 Å². The van der Waals surface area contributed by atoms with Crippen LogP contribution in [0.2, 0.25) is 0 Å². The molecule has 0 bridgehead atoms. The molecule has 1 atom stereocenters. The molecular formula is C37H45N5O2. The molecule has 44 heavy (non-hydrogen) atoms. The SMILES string of the molecule is Cc1ccc(CCC(=O)C(c2cccc(NC(=O)Nc3cc(C(C)(C)C)nn3-c3ccc(C)cc3)c2)C2CCNCC2)cc1. The molecule has 4 aromatic rings. The molecule has 2 heterocycles. The molecule has 7 nitrogen and oxygen atoms in total. The van der Waals surface area contributed by atoms with Crippen molar-refractivity contribution in [3.63, 3.8) is 0 Å². The summed E-state index contributed by atoms with van der Waals surface area (Å²) in [7, 11) is 0. The molecule has 5 rings (SSSR count). The number of carbonyl (C=O) groups excluding carboxylic acids is 2. The van der Waals surface area contributed by atoms with Crippen molar-refractivity contribution < 1.29 is 9.59 Å². The number of urea groups is 1. The van der Waals surface area contributed by atoms with Gasteiger partial charge in [-0.1, -0.05) is 80.4 Å². The molecule has 1 aliphatic heterocycles. The van der Waals surface area contributed by atoms with E-state index in [2.05, 4.69) is 67.9 Å². The Hall–Kier alpha value is -4.23. The van der Waals surface area contributed by atoms with E-state index in [0.29, 0.717) is 17.9 Å². The average Bonchev–Trinajstić information content (AvgIpc) is 3.42. The maximum Gasteiger partial charge on any atom is 0.324 e. The number of hydrogen-bond acceptors (Lipinski definition) is 4. The summed E-state index contributed by atoms with van der Waals surface area (Å²) in [5, 5.41) is 14.3. The van der Waals surface area contributed by atoms with Gasteiger partial charge in [0.15, 0.2) is 0 Å². The fourth-order valence-electron chi connectivity index (χ4n) is 5.88. The molecule has 3 N–H and O–H groups in total. The van der Waals surface area contributed by atoms with Crippen LogP contribution in [-0.2, 0) is 16.6 Å². The summed E-state index contributed by atoms with van der Waals surface area (Å²) in [5.41, 5.74) is 6.73. The Bertz CT molecular complexity index is 1580. The van der Waals surface area contributed by atoms with E-state index in [4.69, 9.17) is 5.10 Å². The van der Waals surface area contributed by atoms with Crippen molar-refractivity contribution in [1.29, 1.82) is 0 Å². The van der Waals surface area contributed by atoms with E-state index in [9.17, 15) is 9.59 Å². The lowest BCUT2D eigenvalue weighted by molar-refractivity contribution is -0.121. The first-order valence-electron chi connectivity index (χ1n) is 15.7. The summed E-state index contributed by atoms with van der Waals surface area (Å²) in [6.45, 7) is 12.3. The van der Waals surface area contributed by atoms with Gasteiger partial charge in [-0.15, -0.1) is 0 Å². The lowest BCUT2D eigenvalue weighted by atomic mass is 9.76. The maximum absolute atomic E-state index is 13.8. The van der Waals surface area contributed by atoms with Crippen molar-refractivity contribution in [1.82, 2.24) is 15.1 Å². The Kier molecular flexibility index (Phi) is 9.64. The van der Waals surface area contributed by atoms with Crippen LogP contribution >= 0.6 is 0 Å². The van der Waals surface area contributed by atoms with Crippen molar-refractivity contribution >= 4 is 23.3 Å². The molecule has 1 unspecified atom stereocenters. The molecule has 1 aliphatic rings. The Morgan fingerprint density at radius 3 is 2.23 bits per heavy atom. The van der Waals surface area contributed by atoms with Crippen LogP contribution in [0.1, 0.15) is 73.9 Å². The average molecular weight is 592 g/mol. The standard InChI is InChI=1S/C37H45N5O2/c1-25-9-13-27(14-10-25)15-18-32(43)35(28-19-21-38-22-20-28)29-7-6-8-30(23-29)39-36(44)40-34-24-33(37(3,4)5)41-42(34)31-16-11-26(2)12-17-31/h6-14,16-17,23-24,28,35,38H,15,18-22H2,1-5H3,(H2,39,40,44). The third kappa shape index (κ3) is 7.83. The van der Waals surface area contributed by atoms with Gasteiger partial charge < -0.3 is 10.6 Å². The monoisotopic (exact) mass is 591 g/mol. The summed E-state index contributed by atoms with van der Waals surface area (Å²) < 4.78 is 1.77. The number of anilines is 2. The van der Waals surface area contributed by atoms with Crippen molar-refractivity contribution in [2.45, 2.75) is 71.6 Å². The third-order valence-electron chi connectivity index (χ3n) is 8.48. The number of piperidine rings is 1. The number of rotatable bonds is 9. The predicted molar refractivity (Wildman–Crippen MR) is 179 cm³/mol. The Labute approximate surface area is 261 Å². The van der Waals surface area contributed by atoms with E-state index in [1.54, 1.807) is 4.68 Å². The highest BCUT2D eigenvalue weighted by Gasteiger charge is 2.31. The Morgan fingerprint density at radius 1 is 0.909 bits per heavy atom. The number of amides is 2. The van der Waals surface area contributed by atoms with Gasteiger partial charge in [0.05, 0.1) is 11.4 Å². The summed E-state index contributed by atoms with van der Waals surface area (Å²) in [6.07, 6.45) is 3.14. The van der Waals surface area contributed by atoms with Crippen LogP contribution in [0.3, 0.4) is 0 Å². The first-order valence-corrected chi connectivity index (χ1v) is 15.7. The lowest BCUT2D eigenvalue weighted by Gasteiger charge is -2.30. The second-order valence-corrected chi connectivity index (χ2v) is 13.1. The quantitative estimate of drug-likeness (QED) is 0.186. The van der Waals surface area contributed by atoms with Gasteiger partial charge in [-0.2, -0.15) is 5.10 Å². The molecule has 1 fully saturated rings. The minimum Gasteiger partial charge on any atom is -0.317 e. The van der Waals surface area contributed by atoms with Crippen LogP contribution in [0, 0.1) is 19.8 Å². The number of aryl methyl sites for hydroxylation is 3. The second kappa shape index (κ2) is 13.6. The van der Waals surface area contributed by atoms with Gasteiger partial charge in [-0.05, 0) is 87.5 Å². The van der Waals surface area contributed by atoms with E-state index in [0.717, 1.165) is 54.9 Å². The predicted octanol–water partition coefficient (Wildman–Crippen LogP) is 7.72. The number of nitrogens with one attached hydrogen (secondary N) is 3. The smallest absolute Gasteiger partial charge is 0.317 e. The highest BCUT2D eigenvalue weighted by molar-refractivity contribution is 5.99. The Morgan fingerprint density at radius 2 is 1.57 bits per heavy atom. The fraction of sp³-hybridized carbons (Fsp3) is 0.378. The van der Waals surface area contributed by atoms with Crippen molar-refractivity contribution in [3.05, 3.63) is 107 Å². The van der Waals surface area contributed by atoms with Crippen LogP contribution in [0.5, 0.6) is 0 Å². The number of aromatic nitrogens is 2. The molecule has 0 radical (unpaired) electrons. The zero-order chi connectivity index (χ0) is 31.3. The molecule has 2 amide bonds. The molecule has 0 spiro atoms. The maximum atomic E-state index is 13.8. The summed E-state index contributed by atoms with van der Waals surface area (Å²) in [5.74, 6) is 0.914. The zero-order valence-electron chi connectivity index (χ0n) is 26.6. The van der Waals surface area contributed by atoms with E-state index in [1.807, 2.05) is 61.5 Å². The van der Waals surface area contributed by atoms with Crippen molar-refractivity contribution in [3.8, 4) is 5.69 Å². The topological polar surface area (TPSA) is 88.1 Å². The van der Waals surface area contributed by atoms with E-state index >= 15 is 0 Å². The molecule has 1 saturated heterocycles. The van der Waals surface area contributed by atoms with Crippen LogP contribution in [0.25, 0.3) is 5.69 Å². The number of benzene rings is 3. The van der Waals surface area contributed by atoms with Gasteiger partial charge in [0.1, 0.15) is 11.6 Å². The molecule has 230 valence electrons. The minimum atomic E-state index is -0.361. The molecule has 1 aromatic heterocycles. The Balaban J connectivity index is 1.34. The number of Topliss-reactive ketones (excluding diaryl/α,β-unsaturated/α-hetero) is 1. The first-order chi connectivity index (χ1) is 21.1. The lowest BCUT2D eigenvalue weighted by Crippen LogP contribution is -2.33. The van der Waals surface area contributed by atoms with Gasteiger partial charge in [-0.25, -0.2) is 9.48 Å². The van der Waals surface area contributed by atoms with Gasteiger partial charge in [0, 0.05) is 29.5 Å². The highest BCUT2D eigenvalue weighted by atomic mass is 16.2. The number of carbonyl (C=O) groups is 2. The van der Waals surface area contributed by atoms with Gasteiger partial charge in [0.25, 0.3) is 0 Å². The normalized spacial score (nSPS) is 14.7. The van der Waals surface area contributed by atoms with Crippen LogP contribution in [0.4, 0.5) is 16.3 Å². The fourth-order valence-corrected chi connectivity index (χ4v) is 5.88. The van der Waals surface area contributed by atoms with Crippen LogP contribution in [0.15, 0.2) is 78.9 Å². The minimum absolute atomic E-state index is 0.188. The number of ketones is 1. The van der Waals surface area contributed by atoms with Gasteiger partial charge in [0.2, 0.25) is 0 Å². The van der Waals surface area contributed by atoms with Gasteiger partial charge >= 0.3 is 6.03 Å². The summed E-state index contributed by atoms with van der Waals surface area (Å²) in [6, 6.07) is 25.8. The van der Waals surface area contributed by atoms with Crippen molar-refractivity contribution in [2.75, 3.05) is 23.7 Å². The van der Waals surface area contributed by atoms with E-state index < -0.39 is 0 Å². The largest absolute Gasteiger partial charge is 0.324 e. The third-order valence-corrected chi connectivity index (χ3v) is 8.48. The molecule has 0 saturated carbocycles. The van der Waals surface area contributed by atoms with E-state index in [-0.39, 0.29) is 29.1 Å². The molecule has 7 heteroatoms. The summed E-state index contributed by atoms with van der Waals surface area (Å²) in [4.78, 5) is 27.1. The highest BCUT2D eigenvalue weighted by Crippen LogP contribution is 2.34. The zero-order valence-corrected chi connectivity index (χ0v) is 26.6. The molecule has 0 aliphatic carbocycles. The first kappa shape index (κ1) is 31.2. The van der Waals surface area contributed by atoms with Crippen LogP contribution in [-0.4, -0.2) is 34.7 Å².